The van der Waals surface area contributed by atoms with E-state index in [1.165, 1.54) is 10.9 Å². The molecule has 15 heavy (non-hydrogen) atoms. The van der Waals surface area contributed by atoms with E-state index in [4.69, 9.17) is 16.1 Å². The predicted molar refractivity (Wildman–Crippen MR) is 49.1 cm³/mol. The fourth-order valence-corrected chi connectivity index (χ4v) is 1.07. The van der Waals surface area contributed by atoms with Crippen molar-refractivity contribution in [3.63, 3.8) is 0 Å². The molecular weight excluding hydrogens is 196 g/mol. The molecular formula is C7H4N8. The smallest absolute Gasteiger partial charge is 0.204 e. The Balaban J connectivity index is 2.78. The first kappa shape index (κ1) is 8.80. The lowest BCUT2D eigenvalue weighted by atomic mass is 10.4. The van der Waals surface area contributed by atoms with Gasteiger partial charge in [0.25, 0.3) is 0 Å². The van der Waals surface area contributed by atoms with E-state index in [1.807, 2.05) is 0 Å². The largest absolute Gasteiger partial charge is 0.281 e. The minimum atomic E-state index is -0.143. The van der Waals surface area contributed by atoms with Gasteiger partial charge in [0.2, 0.25) is 5.71 Å². The first-order valence-corrected chi connectivity index (χ1v) is 3.81. The van der Waals surface area contributed by atoms with Gasteiger partial charge in [0, 0.05) is 5.87 Å². The lowest BCUT2D eigenvalue weighted by Crippen LogP contribution is -2.36. The highest BCUT2D eigenvalue weighted by Gasteiger charge is 2.14. The molecule has 1 aliphatic rings. The third-order valence-electron chi connectivity index (χ3n) is 1.75. The summed E-state index contributed by atoms with van der Waals surface area (Å²) in [7, 11) is 0. The summed E-state index contributed by atoms with van der Waals surface area (Å²) in [6.45, 7) is 0. The first-order chi connectivity index (χ1) is 7.27. The number of aromatic nitrogens is 2. The highest BCUT2D eigenvalue weighted by Crippen LogP contribution is 1.85. The average Bonchev–Trinajstić information content (AvgIpc) is 2.59. The molecule has 0 spiro atoms. The Hall–Kier alpha value is -2.78. The van der Waals surface area contributed by atoms with Crippen molar-refractivity contribution in [2.75, 3.05) is 0 Å². The molecule has 1 aromatic heterocycles. The van der Waals surface area contributed by atoms with Crippen LogP contribution in [0, 0.1) is 22.1 Å². The molecule has 0 aliphatic carbocycles. The average molecular weight is 200 g/mol. The van der Waals surface area contributed by atoms with Gasteiger partial charge in [-0.1, -0.05) is 0 Å². The Bertz CT molecular complexity index is 636. The van der Waals surface area contributed by atoms with Crippen molar-refractivity contribution in [3.05, 3.63) is 17.2 Å². The summed E-state index contributed by atoms with van der Waals surface area (Å²) in [5, 5.41) is 30.8. The molecule has 2 rings (SSSR count). The summed E-state index contributed by atoms with van der Waals surface area (Å²) in [5.74, 6) is 1.93. The molecule has 0 aromatic carbocycles. The normalized spacial score (nSPS) is 13.5. The number of nitrogens with one attached hydrogen (secondary N) is 3. The minimum Gasteiger partial charge on any atom is -0.281 e. The fraction of sp³-hybridized carbons (Fsp3) is 0. The Morgan fingerprint density at radius 1 is 1.47 bits per heavy atom. The second kappa shape index (κ2) is 3.17. The Labute approximate surface area is 82.9 Å². The number of fused-ring (bicyclic) bond motifs is 1. The number of hydrogen-bond acceptors (Lipinski definition) is 7. The number of hydrazone groups is 1. The number of hydrogen-bond donors (Lipinski definition) is 3. The van der Waals surface area contributed by atoms with E-state index < -0.39 is 0 Å². The van der Waals surface area contributed by atoms with E-state index >= 15 is 0 Å². The first-order valence-electron chi connectivity index (χ1n) is 3.81. The molecule has 1 aliphatic heterocycles. The molecule has 0 atom stereocenters. The second-order valence-corrected chi connectivity index (χ2v) is 2.54. The van der Waals surface area contributed by atoms with Crippen molar-refractivity contribution >= 4 is 17.4 Å². The molecule has 0 saturated heterocycles. The van der Waals surface area contributed by atoms with Gasteiger partial charge in [0.15, 0.2) is 16.7 Å². The molecule has 0 unspecified atom stereocenters. The molecule has 3 N–H and O–H groups in total. The van der Waals surface area contributed by atoms with Crippen LogP contribution in [-0.4, -0.2) is 27.0 Å². The lowest BCUT2D eigenvalue weighted by Gasteiger charge is -1.96. The van der Waals surface area contributed by atoms with Crippen molar-refractivity contribution in [2.45, 2.75) is 0 Å². The Morgan fingerprint density at radius 2 is 2.27 bits per heavy atom. The Kier molecular flexibility index (Phi) is 1.86. The van der Waals surface area contributed by atoms with E-state index in [0.29, 0.717) is 0 Å². The van der Waals surface area contributed by atoms with E-state index in [1.54, 1.807) is 6.07 Å². The van der Waals surface area contributed by atoms with Gasteiger partial charge in [-0.15, -0.1) is 10.2 Å². The van der Waals surface area contributed by atoms with Crippen LogP contribution in [0.2, 0.25) is 0 Å². The van der Waals surface area contributed by atoms with Gasteiger partial charge >= 0.3 is 0 Å². The summed E-state index contributed by atoms with van der Waals surface area (Å²) in [4.78, 5) is 3.80. The molecule has 0 saturated carbocycles. The maximum Gasteiger partial charge on any atom is 0.204 e. The van der Waals surface area contributed by atoms with E-state index in [2.05, 4.69) is 26.6 Å². The second-order valence-electron chi connectivity index (χ2n) is 2.54. The maximum absolute atomic E-state index is 8.69. The van der Waals surface area contributed by atoms with Gasteiger partial charge in [0.05, 0.1) is 0 Å². The predicted octanol–water partition coefficient (Wildman–Crippen LogP) is -2.35. The van der Waals surface area contributed by atoms with Crippen molar-refractivity contribution in [1.82, 2.24) is 15.1 Å². The standard InChI is InChI=1S/C7H4N8/c8-1-4-6(10)15-3-11-5(2-9)7(15)13-14-12-4/h3,9-10,14H. The maximum atomic E-state index is 8.69. The summed E-state index contributed by atoms with van der Waals surface area (Å²) in [5.41, 5.74) is 2.38. The SMILES string of the molecule is N#CC1=NNN=c2c(=C=N)ncn2C1=N. The highest BCUT2D eigenvalue weighted by atomic mass is 15.5. The zero-order valence-electron chi connectivity index (χ0n) is 7.31. The summed E-state index contributed by atoms with van der Waals surface area (Å²) >= 11 is 0. The molecule has 0 amide bonds. The summed E-state index contributed by atoms with van der Waals surface area (Å²) in [6, 6.07) is 1.75. The van der Waals surface area contributed by atoms with Gasteiger partial charge in [-0.05, 0) is 0 Å². The van der Waals surface area contributed by atoms with Crippen molar-refractivity contribution in [3.8, 4) is 6.07 Å². The topological polar surface area (TPSA) is 126 Å². The molecule has 0 radical (unpaired) electrons. The highest BCUT2D eigenvalue weighted by molar-refractivity contribution is 6.46. The van der Waals surface area contributed by atoms with Gasteiger partial charge in [-0.2, -0.15) is 10.8 Å². The number of nitrogens with zero attached hydrogens (tertiary/aromatic N) is 5. The fourth-order valence-electron chi connectivity index (χ4n) is 1.07. The van der Waals surface area contributed by atoms with Gasteiger partial charge in [-0.3, -0.25) is 15.4 Å². The molecule has 2 heterocycles. The minimum absolute atomic E-state index is 0.105. The van der Waals surface area contributed by atoms with Crippen LogP contribution < -0.4 is 16.4 Å². The Morgan fingerprint density at radius 3 is 2.93 bits per heavy atom. The molecule has 8 nitrogen and oxygen atoms in total. The van der Waals surface area contributed by atoms with Crippen LogP contribution in [0.1, 0.15) is 0 Å². The monoisotopic (exact) mass is 200 g/mol. The van der Waals surface area contributed by atoms with Crippen LogP contribution in [-0.2, 0) is 0 Å². The molecule has 0 fully saturated rings. The van der Waals surface area contributed by atoms with Crippen LogP contribution in [0.15, 0.2) is 16.5 Å². The van der Waals surface area contributed by atoms with E-state index in [9.17, 15) is 0 Å². The molecule has 1 aromatic rings. The van der Waals surface area contributed by atoms with Gasteiger partial charge in [0.1, 0.15) is 12.4 Å². The molecule has 0 bridgehead atoms. The van der Waals surface area contributed by atoms with Crippen LogP contribution >= 0.6 is 0 Å². The van der Waals surface area contributed by atoms with Crippen LogP contribution in [0.5, 0.6) is 0 Å². The van der Waals surface area contributed by atoms with Gasteiger partial charge < -0.3 is 0 Å². The van der Waals surface area contributed by atoms with Crippen LogP contribution in [0.4, 0.5) is 0 Å². The van der Waals surface area contributed by atoms with Crippen molar-refractivity contribution in [2.24, 2.45) is 10.2 Å². The quantitative estimate of drug-likeness (QED) is 0.405. The third kappa shape index (κ3) is 1.20. The lowest BCUT2D eigenvalue weighted by molar-refractivity contribution is 0.764. The van der Waals surface area contributed by atoms with Crippen LogP contribution in [0.25, 0.3) is 0 Å². The zero-order chi connectivity index (χ0) is 10.8. The molecule has 72 valence electrons. The van der Waals surface area contributed by atoms with Gasteiger partial charge in [-0.25, -0.2) is 4.98 Å². The van der Waals surface area contributed by atoms with Crippen molar-refractivity contribution < 1.29 is 0 Å². The molecule has 8 heteroatoms. The van der Waals surface area contributed by atoms with E-state index in [-0.39, 0.29) is 22.4 Å². The van der Waals surface area contributed by atoms with E-state index in [0.717, 1.165) is 0 Å². The summed E-state index contributed by atoms with van der Waals surface area (Å²) < 4.78 is 1.25. The van der Waals surface area contributed by atoms with Crippen molar-refractivity contribution in [1.29, 1.82) is 16.1 Å². The number of nitriles is 1. The number of imidazole rings is 1. The van der Waals surface area contributed by atoms with Crippen LogP contribution in [0.3, 0.4) is 0 Å². The number of rotatable bonds is 0. The third-order valence-corrected chi connectivity index (χ3v) is 1.75. The summed E-state index contributed by atoms with van der Waals surface area (Å²) in [6.07, 6.45) is 1.29. The zero-order valence-corrected chi connectivity index (χ0v) is 7.31.